The van der Waals surface area contributed by atoms with Gasteiger partial charge in [-0.3, -0.25) is 4.90 Å². The Morgan fingerprint density at radius 3 is 2.60 bits per heavy atom. The smallest absolute Gasteiger partial charge is 0.0221 e. The van der Waals surface area contributed by atoms with E-state index in [4.69, 9.17) is 0 Å². The third-order valence-electron chi connectivity index (χ3n) is 4.19. The molecule has 0 spiro atoms. The van der Waals surface area contributed by atoms with Gasteiger partial charge in [-0.25, -0.2) is 0 Å². The highest BCUT2D eigenvalue weighted by Gasteiger charge is 2.33. The highest BCUT2D eigenvalue weighted by atomic mass is 15.3. The average molecular weight is 210 g/mol. The summed E-state index contributed by atoms with van der Waals surface area (Å²) in [5.74, 6) is 0. The maximum atomic E-state index is 3.71. The fourth-order valence-corrected chi connectivity index (χ4v) is 2.97. The molecule has 1 aliphatic carbocycles. The molecule has 1 aliphatic heterocycles. The Balaban J connectivity index is 1.89. The molecule has 2 rings (SSSR count). The van der Waals surface area contributed by atoms with Crippen molar-refractivity contribution in [3.05, 3.63) is 0 Å². The number of piperazine rings is 1. The van der Waals surface area contributed by atoms with Crippen LogP contribution < -0.4 is 5.32 Å². The van der Waals surface area contributed by atoms with Crippen molar-refractivity contribution in [2.75, 3.05) is 13.1 Å². The summed E-state index contributed by atoms with van der Waals surface area (Å²) in [4.78, 5) is 2.81. The molecule has 15 heavy (non-hydrogen) atoms. The molecule has 2 aliphatic rings. The van der Waals surface area contributed by atoms with Gasteiger partial charge in [-0.15, -0.1) is 0 Å². The summed E-state index contributed by atoms with van der Waals surface area (Å²) in [5.41, 5.74) is 0. The Kier molecular flexibility index (Phi) is 4.04. The zero-order valence-electron chi connectivity index (χ0n) is 10.3. The standard InChI is InChI=1S/C13H26N2/c1-3-6-11-10-15(13-7-5-8-13)12(4-2)9-14-11/h11-14H,3-10H2,1-2H3. The van der Waals surface area contributed by atoms with Crippen molar-refractivity contribution in [3.63, 3.8) is 0 Å². The molecule has 1 heterocycles. The van der Waals surface area contributed by atoms with Crippen LogP contribution in [0, 0.1) is 0 Å². The lowest BCUT2D eigenvalue weighted by molar-refractivity contribution is 0.0388. The zero-order chi connectivity index (χ0) is 10.7. The maximum absolute atomic E-state index is 3.71. The first-order chi connectivity index (χ1) is 7.35. The van der Waals surface area contributed by atoms with Crippen molar-refractivity contribution < 1.29 is 0 Å². The second kappa shape index (κ2) is 5.31. The first-order valence-electron chi connectivity index (χ1n) is 6.84. The van der Waals surface area contributed by atoms with Crippen molar-refractivity contribution in [1.29, 1.82) is 0 Å². The van der Waals surface area contributed by atoms with E-state index in [1.54, 1.807) is 0 Å². The summed E-state index contributed by atoms with van der Waals surface area (Å²) >= 11 is 0. The van der Waals surface area contributed by atoms with Gasteiger partial charge in [0.05, 0.1) is 0 Å². The van der Waals surface area contributed by atoms with Crippen molar-refractivity contribution >= 4 is 0 Å². The van der Waals surface area contributed by atoms with E-state index in [-0.39, 0.29) is 0 Å². The highest BCUT2D eigenvalue weighted by Crippen LogP contribution is 2.29. The summed E-state index contributed by atoms with van der Waals surface area (Å²) in [6.45, 7) is 7.15. The summed E-state index contributed by atoms with van der Waals surface area (Å²) in [5, 5.41) is 3.71. The van der Waals surface area contributed by atoms with E-state index in [0.29, 0.717) is 0 Å². The summed E-state index contributed by atoms with van der Waals surface area (Å²) in [6, 6.07) is 2.50. The second-order valence-electron chi connectivity index (χ2n) is 5.24. The monoisotopic (exact) mass is 210 g/mol. The van der Waals surface area contributed by atoms with Gasteiger partial charge in [-0.1, -0.05) is 26.7 Å². The van der Waals surface area contributed by atoms with Gasteiger partial charge in [0.25, 0.3) is 0 Å². The highest BCUT2D eigenvalue weighted by molar-refractivity contribution is 4.92. The van der Waals surface area contributed by atoms with E-state index in [1.807, 2.05) is 0 Å². The molecule has 0 amide bonds. The molecule has 1 saturated heterocycles. The zero-order valence-corrected chi connectivity index (χ0v) is 10.3. The van der Waals surface area contributed by atoms with Crippen molar-refractivity contribution in [2.45, 2.75) is 70.5 Å². The SMILES string of the molecule is CCCC1CN(C2CCC2)C(CC)CN1. The lowest BCUT2D eigenvalue weighted by atomic mass is 9.88. The number of hydrogen-bond donors (Lipinski definition) is 1. The molecular weight excluding hydrogens is 184 g/mol. The average Bonchev–Trinajstić information content (AvgIpc) is 2.16. The molecule has 1 saturated carbocycles. The number of hydrogen-bond acceptors (Lipinski definition) is 2. The largest absolute Gasteiger partial charge is 0.311 e. The minimum atomic E-state index is 0.762. The van der Waals surface area contributed by atoms with Gasteiger partial charge in [-0.2, -0.15) is 0 Å². The maximum Gasteiger partial charge on any atom is 0.0221 e. The van der Waals surface area contributed by atoms with E-state index < -0.39 is 0 Å². The van der Waals surface area contributed by atoms with Crippen molar-refractivity contribution in [1.82, 2.24) is 10.2 Å². The summed E-state index contributed by atoms with van der Waals surface area (Å²) in [6.07, 6.45) is 8.34. The third kappa shape index (κ3) is 2.54. The molecule has 2 nitrogen and oxygen atoms in total. The van der Waals surface area contributed by atoms with Gasteiger partial charge >= 0.3 is 0 Å². The Morgan fingerprint density at radius 1 is 1.27 bits per heavy atom. The van der Waals surface area contributed by atoms with Crippen LogP contribution in [0.5, 0.6) is 0 Å². The lowest BCUT2D eigenvalue weighted by Crippen LogP contribution is -2.60. The number of rotatable bonds is 4. The van der Waals surface area contributed by atoms with Crippen LogP contribution in [0.4, 0.5) is 0 Å². The van der Waals surface area contributed by atoms with E-state index in [0.717, 1.165) is 18.1 Å². The minimum absolute atomic E-state index is 0.762. The Bertz CT molecular complexity index is 189. The van der Waals surface area contributed by atoms with Crippen LogP contribution in [-0.2, 0) is 0 Å². The molecule has 0 aromatic heterocycles. The van der Waals surface area contributed by atoms with Crippen LogP contribution in [-0.4, -0.2) is 36.1 Å². The van der Waals surface area contributed by atoms with E-state index in [2.05, 4.69) is 24.1 Å². The Labute approximate surface area is 94.4 Å². The fourth-order valence-electron chi connectivity index (χ4n) is 2.97. The number of nitrogens with zero attached hydrogens (tertiary/aromatic N) is 1. The molecule has 0 radical (unpaired) electrons. The fraction of sp³-hybridized carbons (Fsp3) is 1.00. The van der Waals surface area contributed by atoms with E-state index in [1.165, 1.54) is 51.6 Å². The predicted octanol–water partition coefficient (Wildman–Crippen LogP) is 2.39. The Hall–Kier alpha value is -0.0800. The van der Waals surface area contributed by atoms with Gasteiger partial charge in [0.1, 0.15) is 0 Å². The van der Waals surface area contributed by atoms with Gasteiger partial charge in [0.2, 0.25) is 0 Å². The molecule has 2 atom stereocenters. The molecular formula is C13H26N2. The van der Waals surface area contributed by atoms with Crippen molar-refractivity contribution in [2.24, 2.45) is 0 Å². The molecule has 2 heteroatoms. The quantitative estimate of drug-likeness (QED) is 0.766. The molecule has 0 aromatic rings. The van der Waals surface area contributed by atoms with Gasteiger partial charge in [-0.05, 0) is 25.7 Å². The lowest BCUT2D eigenvalue weighted by Gasteiger charge is -2.47. The van der Waals surface area contributed by atoms with Gasteiger partial charge in [0, 0.05) is 31.2 Å². The second-order valence-corrected chi connectivity index (χ2v) is 5.24. The van der Waals surface area contributed by atoms with Crippen LogP contribution in [0.2, 0.25) is 0 Å². The minimum Gasteiger partial charge on any atom is -0.311 e. The summed E-state index contributed by atoms with van der Waals surface area (Å²) < 4.78 is 0. The normalized spacial score (nSPS) is 34.0. The van der Waals surface area contributed by atoms with Gasteiger partial charge in [0.15, 0.2) is 0 Å². The number of nitrogens with one attached hydrogen (secondary N) is 1. The molecule has 2 unspecified atom stereocenters. The Morgan fingerprint density at radius 2 is 2.07 bits per heavy atom. The van der Waals surface area contributed by atoms with E-state index in [9.17, 15) is 0 Å². The first kappa shape index (κ1) is 11.4. The molecule has 0 bridgehead atoms. The van der Waals surface area contributed by atoms with E-state index >= 15 is 0 Å². The molecule has 0 aromatic carbocycles. The van der Waals surface area contributed by atoms with Crippen LogP contribution in [0.15, 0.2) is 0 Å². The molecule has 1 N–H and O–H groups in total. The van der Waals surface area contributed by atoms with Crippen LogP contribution in [0.3, 0.4) is 0 Å². The molecule has 2 fully saturated rings. The molecule has 88 valence electrons. The first-order valence-corrected chi connectivity index (χ1v) is 6.84. The predicted molar refractivity (Wildman–Crippen MR) is 65.1 cm³/mol. The topological polar surface area (TPSA) is 15.3 Å². The van der Waals surface area contributed by atoms with Gasteiger partial charge < -0.3 is 5.32 Å². The van der Waals surface area contributed by atoms with Crippen LogP contribution in [0.1, 0.15) is 52.4 Å². The van der Waals surface area contributed by atoms with Crippen LogP contribution >= 0.6 is 0 Å². The van der Waals surface area contributed by atoms with Crippen molar-refractivity contribution in [3.8, 4) is 0 Å². The van der Waals surface area contributed by atoms with Crippen LogP contribution in [0.25, 0.3) is 0 Å². The third-order valence-corrected chi connectivity index (χ3v) is 4.19. The summed E-state index contributed by atoms with van der Waals surface area (Å²) in [7, 11) is 0.